The van der Waals surface area contributed by atoms with E-state index in [2.05, 4.69) is 5.32 Å². The topological polar surface area (TPSA) is 64.6 Å². The number of carbonyl (C=O) groups is 2. The van der Waals surface area contributed by atoms with E-state index < -0.39 is 18.0 Å². The van der Waals surface area contributed by atoms with Gasteiger partial charge in [-0.3, -0.25) is 9.59 Å². The number of amides is 1. The van der Waals surface area contributed by atoms with Crippen LogP contribution in [0.2, 0.25) is 5.02 Å². The lowest BCUT2D eigenvalue weighted by Crippen LogP contribution is -2.39. The lowest BCUT2D eigenvalue weighted by atomic mass is 9.97. The summed E-state index contributed by atoms with van der Waals surface area (Å²) >= 11 is 6.00. The average Bonchev–Trinajstić information content (AvgIpc) is 2.68. The largest absolute Gasteiger partial charge is 0.492 e. The predicted octanol–water partition coefficient (Wildman–Crippen LogP) is 3.18. The van der Waals surface area contributed by atoms with Gasteiger partial charge in [-0.15, -0.1) is 0 Å². The molecule has 27 heavy (non-hydrogen) atoms. The van der Waals surface area contributed by atoms with E-state index >= 15 is 0 Å². The molecule has 1 amide bonds. The molecule has 2 aromatic rings. The quantitative estimate of drug-likeness (QED) is 0.773. The van der Waals surface area contributed by atoms with Gasteiger partial charge in [-0.25, -0.2) is 0 Å². The summed E-state index contributed by atoms with van der Waals surface area (Å²) < 4.78 is 10.9. The van der Waals surface area contributed by atoms with Gasteiger partial charge in [-0.1, -0.05) is 41.9 Å². The molecule has 2 aromatic carbocycles. The molecule has 0 bridgehead atoms. The Kier molecular flexibility index (Phi) is 6.35. The molecule has 0 spiro atoms. The second kappa shape index (κ2) is 8.91. The first-order valence-electron chi connectivity index (χ1n) is 8.96. The van der Waals surface area contributed by atoms with Gasteiger partial charge in [-0.2, -0.15) is 0 Å². The molecule has 0 unspecified atom stereocenters. The summed E-state index contributed by atoms with van der Waals surface area (Å²) in [4.78, 5) is 24.5. The minimum absolute atomic E-state index is 0.232. The molecule has 6 heteroatoms. The minimum Gasteiger partial charge on any atom is -0.492 e. The fourth-order valence-corrected chi connectivity index (χ4v) is 3.15. The molecule has 3 rings (SSSR count). The Morgan fingerprint density at radius 3 is 2.81 bits per heavy atom. The Balaban J connectivity index is 1.46. The number of ether oxygens (including phenoxy) is 2. The normalized spacial score (nSPS) is 16.6. The summed E-state index contributed by atoms with van der Waals surface area (Å²) in [6, 6.07) is 15.2. The van der Waals surface area contributed by atoms with E-state index in [4.69, 9.17) is 21.1 Å². The highest BCUT2D eigenvalue weighted by atomic mass is 35.5. The van der Waals surface area contributed by atoms with Crippen LogP contribution in [0, 0.1) is 5.92 Å². The third kappa shape index (κ3) is 5.23. The summed E-state index contributed by atoms with van der Waals surface area (Å²) in [6.45, 7) is 2.29. The Morgan fingerprint density at radius 2 is 2.04 bits per heavy atom. The molecule has 0 fully saturated rings. The van der Waals surface area contributed by atoms with Crippen molar-refractivity contribution in [2.75, 3.05) is 13.2 Å². The SMILES string of the molecule is C[C@H](OC(=O)[C@H]1COc2ccc(Cl)cc2C1)C(=O)NCCc1ccccc1. The summed E-state index contributed by atoms with van der Waals surface area (Å²) in [6.07, 6.45) is 0.354. The van der Waals surface area contributed by atoms with E-state index in [1.165, 1.54) is 0 Å². The Hall–Kier alpha value is -2.53. The number of carbonyl (C=O) groups excluding carboxylic acids is 2. The van der Waals surface area contributed by atoms with Crippen molar-refractivity contribution in [3.63, 3.8) is 0 Å². The second-order valence-electron chi connectivity index (χ2n) is 6.57. The molecule has 1 N–H and O–H groups in total. The Morgan fingerprint density at radius 1 is 1.26 bits per heavy atom. The van der Waals surface area contributed by atoms with E-state index in [9.17, 15) is 9.59 Å². The van der Waals surface area contributed by atoms with Crippen molar-refractivity contribution in [1.82, 2.24) is 5.32 Å². The van der Waals surface area contributed by atoms with Crippen molar-refractivity contribution in [3.05, 3.63) is 64.7 Å². The van der Waals surface area contributed by atoms with Gasteiger partial charge in [-0.05, 0) is 49.1 Å². The van der Waals surface area contributed by atoms with Crippen LogP contribution in [-0.4, -0.2) is 31.1 Å². The van der Waals surface area contributed by atoms with Crippen molar-refractivity contribution in [3.8, 4) is 5.75 Å². The zero-order valence-corrected chi connectivity index (χ0v) is 15.9. The van der Waals surface area contributed by atoms with Crippen molar-refractivity contribution in [2.24, 2.45) is 5.92 Å². The zero-order valence-electron chi connectivity index (χ0n) is 15.1. The lowest BCUT2D eigenvalue weighted by Gasteiger charge is -2.25. The van der Waals surface area contributed by atoms with E-state index in [0.717, 1.165) is 23.3 Å². The molecule has 0 saturated carbocycles. The zero-order chi connectivity index (χ0) is 19.2. The highest BCUT2D eigenvalue weighted by Gasteiger charge is 2.29. The van der Waals surface area contributed by atoms with Crippen LogP contribution in [0.1, 0.15) is 18.1 Å². The van der Waals surface area contributed by atoms with E-state index in [0.29, 0.717) is 18.0 Å². The molecule has 0 saturated heterocycles. The molecule has 1 heterocycles. The van der Waals surface area contributed by atoms with Gasteiger partial charge in [0.2, 0.25) is 0 Å². The lowest BCUT2D eigenvalue weighted by molar-refractivity contribution is -0.160. The van der Waals surface area contributed by atoms with Crippen molar-refractivity contribution < 1.29 is 19.1 Å². The number of hydrogen-bond donors (Lipinski definition) is 1. The molecule has 0 aromatic heterocycles. The van der Waals surface area contributed by atoms with Gasteiger partial charge in [0.25, 0.3) is 5.91 Å². The van der Waals surface area contributed by atoms with E-state index in [-0.39, 0.29) is 12.5 Å². The first kappa shape index (κ1) is 19.2. The van der Waals surface area contributed by atoms with Crippen LogP contribution < -0.4 is 10.1 Å². The first-order valence-corrected chi connectivity index (χ1v) is 9.34. The molecule has 1 aliphatic heterocycles. The van der Waals surface area contributed by atoms with Gasteiger partial charge >= 0.3 is 5.97 Å². The second-order valence-corrected chi connectivity index (χ2v) is 7.01. The summed E-state index contributed by atoms with van der Waals surface area (Å²) in [5.74, 6) is -0.462. The first-order chi connectivity index (χ1) is 13.0. The molecule has 5 nitrogen and oxygen atoms in total. The standard InChI is InChI=1S/C21H22ClNO4/c1-14(20(24)23-10-9-15-5-3-2-4-6-15)27-21(25)17-11-16-12-18(22)7-8-19(16)26-13-17/h2-8,12,14,17H,9-11,13H2,1H3,(H,23,24)/t14-,17+/m0/s1. The maximum absolute atomic E-state index is 12.4. The Bertz CT molecular complexity index is 809. The fourth-order valence-electron chi connectivity index (χ4n) is 2.96. The maximum atomic E-state index is 12.4. The molecule has 142 valence electrons. The van der Waals surface area contributed by atoms with Crippen LogP contribution in [0.25, 0.3) is 0 Å². The molecule has 0 aliphatic carbocycles. The number of nitrogens with one attached hydrogen (secondary N) is 1. The summed E-state index contributed by atoms with van der Waals surface area (Å²) in [5, 5.41) is 3.39. The van der Waals surface area contributed by atoms with E-state index in [1.54, 1.807) is 25.1 Å². The van der Waals surface area contributed by atoms with E-state index in [1.807, 2.05) is 30.3 Å². The van der Waals surface area contributed by atoms with Crippen LogP contribution in [0.5, 0.6) is 5.75 Å². The molecule has 0 radical (unpaired) electrons. The Labute approximate surface area is 163 Å². The van der Waals surface area contributed by atoms with Crippen molar-refractivity contribution in [1.29, 1.82) is 0 Å². The summed E-state index contributed by atoms with van der Waals surface area (Å²) in [7, 11) is 0. The smallest absolute Gasteiger partial charge is 0.313 e. The third-order valence-electron chi connectivity index (χ3n) is 4.48. The van der Waals surface area contributed by atoms with Gasteiger partial charge in [0, 0.05) is 11.6 Å². The van der Waals surface area contributed by atoms with Gasteiger partial charge < -0.3 is 14.8 Å². The number of benzene rings is 2. The van der Waals surface area contributed by atoms with Crippen LogP contribution >= 0.6 is 11.6 Å². The van der Waals surface area contributed by atoms with Gasteiger partial charge in [0.1, 0.15) is 12.4 Å². The molecular formula is C21H22ClNO4. The highest BCUT2D eigenvalue weighted by Crippen LogP contribution is 2.30. The maximum Gasteiger partial charge on any atom is 0.313 e. The van der Waals surface area contributed by atoms with Gasteiger partial charge in [0.05, 0.1) is 5.92 Å². The number of halogens is 1. The highest BCUT2D eigenvalue weighted by molar-refractivity contribution is 6.30. The number of hydrogen-bond acceptors (Lipinski definition) is 4. The monoisotopic (exact) mass is 387 g/mol. The molecular weight excluding hydrogens is 366 g/mol. The van der Waals surface area contributed by atoms with Crippen molar-refractivity contribution >= 4 is 23.5 Å². The van der Waals surface area contributed by atoms with Crippen LogP contribution in [-0.2, 0) is 27.2 Å². The summed E-state index contributed by atoms with van der Waals surface area (Å²) in [5.41, 5.74) is 2.01. The average molecular weight is 388 g/mol. The van der Waals surface area contributed by atoms with Crippen LogP contribution in [0.4, 0.5) is 0 Å². The number of fused-ring (bicyclic) bond motifs is 1. The van der Waals surface area contributed by atoms with Gasteiger partial charge in [0.15, 0.2) is 6.10 Å². The molecule has 1 aliphatic rings. The van der Waals surface area contributed by atoms with Crippen LogP contribution in [0.15, 0.2) is 48.5 Å². The number of esters is 1. The molecule has 2 atom stereocenters. The fraction of sp³-hybridized carbons (Fsp3) is 0.333. The predicted molar refractivity (Wildman–Crippen MR) is 103 cm³/mol. The minimum atomic E-state index is -0.853. The third-order valence-corrected chi connectivity index (χ3v) is 4.72. The van der Waals surface area contributed by atoms with Crippen molar-refractivity contribution in [2.45, 2.75) is 25.9 Å². The number of rotatable bonds is 6. The van der Waals surface area contributed by atoms with Crippen LogP contribution in [0.3, 0.4) is 0 Å².